The van der Waals surface area contributed by atoms with Gasteiger partial charge < -0.3 is 9.97 Å². The number of nitrogens with one attached hydrogen (secondary N) is 2. The first-order valence-electron chi connectivity index (χ1n) is 11.0. The number of fused-ring (bicyclic) bond motifs is 14. The molecule has 7 heterocycles. The summed E-state index contributed by atoms with van der Waals surface area (Å²) >= 11 is 0. The molecule has 0 amide bonds. The van der Waals surface area contributed by atoms with Crippen molar-refractivity contribution < 1.29 is 9.68 Å². The monoisotopic (exact) mass is 428 g/mol. The molecule has 0 aromatic carbocycles. The van der Waals surface area contributed by atoms with E-state index >= 15 is 0 Å². The van der Waals surface area contributed by atoms with Crippen LogP contribution in [0, 0.1) is 0 Å². The Labute approximate surface area is 184 Å². The molecule has 4 atom stereocenters. The fourth-order valence-corrected chi connectivity index (χ4v) is 5.32. The molecule has 2 saturated heterocycles. The number of H-pyrrole nitrogens is 2. The number of rotatable bonds is 0. The van der Waals surface area contributed by atoms with E-state index in [1.54, 1.807) is 0 Å². The smallest absolute Gasteiger partial charge is 0.131 e. The van der Waals surface area contributed by atoms with Crippen molar-refractivity contribution in [1.82, 2.24) is 30.1 Å². The highest BCUT2D eigenvalue weighted by molar-refractivity contribution is 5.68. The minimum absolute atomic E-state index is 0.0708. The van der Waals surface area contributed by atoms with Gasteiger partial charge in [-0.2, -0.15) is 10.1 Å². The Bertz CT molecular complexity index is 1280. The molecule has 0 radical (unpaired) electrons. The van der Waals surface area contributed by atoms with E-state index in [-0.39, 0.29) is 24.0 Å². The van der Waals surface area contributed by atoms with Crippen LogP contribution in [-0.2, 0) is 9.68 Å². The highest BCUT2D eigenvalue weighted by Crippen LogP contribution is 2.46. The molecule has 7 rings (SSSR count). The third-order valence-electron chi connectivity index (χ3n) is 6.76. The van der Waals surface area contributed by atoms with Gasteiger partial charge >= 0.3 is 0 Å². The first kappa shape index (κ1) is 18.5. The van der Waals surface area contributed by atoms with Gasteiger partial charge in [0.05, 0.1) is 34.6 Å². The molecule has 162 valence electrons. The topological polar surface area (TPSA) is 82.3 Å². The van der Waals surface area contributed by atoms with Gasteiger partial charge in [0.15, 0.2) is 0 Å². The van der Waals surface area contributed by atoms with Crippen LogP contribution in [0.4, 0.5) is 0 Å². The molecule has 0 spiro atoms. The van der Waals surface area contributed by atoms with Crippen LogP contribution in [0.25, 0.3) is 22.1 Å². The SMILES string of the molecule is CN1CC2c3cc4nc(cc5ccc(cc6ccc(cc(n3)C2O1)[nH]6)[nH]5)C1ON(C)CC41. The fraction of sp³-hybridized carbons (Fsp3) is 0.333. The predicted octanol–water partition coefficient (Wildman–Crippen LogP) is 3.72. The van der Waals surface area contributed by atoms with Crippen LogP contribution in [0.15, 0.2) is 48.5 Å². The second-order valence-electron chi connectivity index (χ2n) is 9.12. The highest BCUT2D eigenvalue weighted by Gasteiger charge is 2.43. The van der Waals surface area contributed by atoms with Crippen LogP contribution in [0.2, 0.25) is 0 Å². The van der Waals surface area contributed by atoms with E-state index in [0.717, 1.165) is 57.9 Å². The minimum Gasteiger partial charge on any atom is -0.355 e. The number of hydrogen-bond acceptors (Lipinski definition) is 6. The molecule has 4 aliphatic heterocycles. The lowest BCUT2D eigenvalue weighted by atomic mass is 9.96. The van der Waals surface area contributed by atoms with Gasteiger partial charge in [-0.1, -0.05) is 0 Å². The van der Waals surface area contributed by atoms with E-state index in [9.17, 15) is 0 Å². The van der Waals surface area contributed by atoms with E-state index in [2.05, 4.69) is 58.5 Å². The van der Waals surface area contributed by atoms with Crippen molar-refractivity contribution in [1.29, 1.82) is 0 Å². The lowest BCUT2D eigenvalue weighted by Crippen LogP contribution is -2.13. The van der Waals surface area contributed by atoms with Crippen LogP contribution in [0.1, 0.15) is 46.8 Å². The minimum atomic E-state index is -0.0708. The molecule has 32 heavy (non-hydrogen) atoms. The summed E-state index contributed by atoms with van der Waals surface area (Å²) in [6.07, 6.45) is -0.142. The Morgan fingerprint density at radius 3 is 1.56 bits per heavy atom. The third-order valence-corrected chi connectivity index (χ3v) is 6.76. The van der Waals surface area contributed by atoms with Crippen molar-refractivity contribution in [3.8, 4) is 0 Å². The number of hydrogen-bond donors (Lipinski definition) is 2. The quantitative estimate of drug-likeness (QED) is 0.568. The molecule has 0 aliphatic carbocycles. The van der Waals surface area contributed by atoms with Gasteiger partial charge in [-0.05, 0) is 48.5 Å². The number of nitrogens with zero attached hydrogens (tertiary/aromatic N) is 4. The third kappa shape index (κ3) is 2.91. The summed E-state index contributed by atoms with van der Waals surface area (Å²) in [5.74, 6) is 0.394. The van der Waals surface area contributed by atoms with Crippen LogP contribution in [-0.4, -0.2) is 57.2 Å². The first-order chi connectivity index (χ1) is 15.6. The van der Waals surface area contributed by atoms with Crippen LogP contribution in [0.3, 0.4) is 0 Å². The van der Waals surface area contributed by atoms with Crippen molar-refractivity contribution in [2.24, 2.45) is 0 Å². The van der Waals surface area contributed by atoms with Crippen molar-refractivity contribution in [3.05, 3.63) is 71.3 Å². The van der Waals surface area contributed by atoms with Gasteiger partial charge in [0.2, 0.25) is 0 Å². The Kier molecular flexibility index (Phi) is 3.89. The molecular formula is C24H24N6O2. The second-order valence-corrected chi connectivity index (χ2v) is 9.12. The Balaban J connectivity index is 1.52. The van der Waals surface area contributed by atoms with Crippen molar-refractivity contribution in [3.63, 3.8) is 0 Å². The second kappa shape index (κ2) is 6.73. The molecule has 4 aliphatic rings. The Morgan fingerprint density at radius 1 is 0.656 bits per heavy atom. The summed E-state index contributed by atoms with van der Waals surface area (Å²) in [7, 11) is 3.96. The van der Waals surface area contributed by atoms with Gasteiger partial charge in [0.25, 0.3) is 0 Å². The average molecular weight is 428 g/mol. The Morgan fingerprint density at radius 2 is 1.09 bits per heavy atom. The van der Waals surface area contributed by atoms with Gasteiger partial charge in [-0.3, -0.25) is 19.6 Å². The molecule has 3 aromatic heterocycles. The van der Waals surface area contributed by atoms with E-state index in [1.165, 1.54) is 0 Å². The number of likely N-dealkylation sites (N-methyl/N-ethyl adjacent to an activating group) is 2. The summed E-state index contributed by atoms with van der Waals surface area (Å²) in [5.41, 5.74) is 8.04. The standard InChI is InChI=1S/C24H24N6O2/c1-29-11-17-19-10-20-18-12-30(2)32-24(18)22(28-20)9-16-6-4-14(26-16)7-13-3-5-15(25-13)8-21(27-19)23(17)31-29/h3-10,17-18,23-26H,11-12H2,1-2H3. The largest absolute Gasteiger partial charge is 0.355 e. The lowest BCUT2D eigenvalue weighted by molar-refractivity contribution is -0.129. The summed E-state index contributed by atoms with van der Waals surface area (Å²) in [6.45, 7) is 1.62. The van der Waals surface area contributed by atoms with Crippen LogP contribution < -0.4 is 0 Å². The molecule has 8 bridgehead atoms. The van der Waals surface area contributed by atoms with Gasteiger partial charge in [-0.25, -0.2) is 0 Å². The van der Waals surface area contributed by atoms with Crippen LogP contribution >= 0.6 is 0 Å². The zero-order chi connectivity index (χ0) is 21.4. The maximum Gasteiger partial charge on any atom is 0.131 e. The first-order valence-corrected chi connectivity index (χ1v) is 11.0. The van der Waals surface area contributed by atoms with E-state index in [1.807, 2.05) is 24.2 Å². The molecule has 0 saturated carbocycles. The fourth-order valence-electron chi connectivity index (χ4n) is 5.32. The Hall–Kier alpha value is -3.04. The van der Waals surface area contributed by atoms with E-state index in [0.29, 0.717) is 0 Å². The predicted molar refractivity (Wildman–Crippen MR) is 119 cm³/mol. The number of aromatic nitrogens is 4. The van der Waals surface area contributed by atoms with E-state index < -0.39 is 0 Å². The zero-order valence-corrected chi connectivity index (χ0v) is 17.9. The number of aromatic amines is 2. The normalized spacial score (nSPS) is 27.6. The summed E-state index contributed by atoms with van der Waals surface area (Å²) in [5, 5.41) is 3.83. The molecule has 2 fully saturated rings. The van der Waals surface area contributed by atoms with Gasteiger partial charge in [0.1, 0.15) is 12.2 Å². The van der Waals surface area contributed by atoms with Crippen LogP contribution in [0.5, 0.6) is 0 Å². The number of hydroxylamine groups is 4. The molecule has 8 nitrogen and oxygen atoms in total. The summed E-state index contributed by atoms with van der Waals surface area (Å²) in [6, 6.07) is 16.8. The molecular weight excluding hydrogens is 404 g/mol. The molecule has 3 aromatic rings. The zero-order valence-electron chi connectivity index (χ0n) is 17.9. The van der Waals surface area contributed by atoms with Gasteiger partial charge in [0, 0.05) is 49.3 Å². The summed E-state index contributed by atoms with van der Waals surface area (Å²) in [4.78, 5) is 29.2. The highest BCUT2D eigenvalue weighted by atomic mass is 16.7. The van der Waals surface area contributed by atoms with Crippen molar-refractivity contribution in [2.45, 2.75) is 24.0 Å². The average Bonchev–Trinajstić information content (AvgIpc) is 3.55. The lowest BCUT2D eigenvalue weighted by Gasteiger charge is -2.08. The molecule has 2 N–H and O–H groups in total. The maximum atomic E-state index is 6.11. The summed E-state index contributed by atoms with van der Waals surface area (Å²) < 4.78 is 0. The van der Waals surface area contributed by atoms with Crippen molar-refractivity contribution in [2.75, 3.05) is 27.2 Å². The van der Waals surface area contributed by atoms with Gasteiger partial charge in [-0.15, -0.1) is 0 Å². The van der Waals surface area contributed by atoms with Crippen molar-refractivity contribution >= 4 is 22.1 Å². The molecule has 8 heteroatoms. The maximum absolute atomic E-state index is 6.11. The van der Waals surface area contributed by atoms with E-state index in [4.69, 9.17) is 19.6 Å². The molecule has 4 unspecified atom stereocenters.